The normalized spacial score (nSPS) is 34.7. The Kier molecular flexibility index (Phi) is 4.21. The number of rotatable bonds is 5. The molecule has 0 aromatic rings. The maximum atomic E-state index is 10.6. The van der Waals surface area contributed by atoms with Gasteiger partial charge in [-0.1, -0.05) is 11.6 Å². The maximum Gasteiger partial charge on any atom is 0.264 e. The largest absolute Gasteiger partial charge is 0.286 e. The van der Waals surface area contributed by atoms with Crippen molar-refractivity contribution in [1.82, 2.24) is 0 Å². The summed E-state index contributed by atoms with van der Waals surface area (Å²) in [5.41, 5.74) is 1.63. The van der Waals surface area contributed by atoms with Gasteiger partial charge in [0.1, 0.15) is 0 Å². The zero-order valence-electron chi connectivity index (χ0n) is 10.1. The van der Waals surface area contributed by atoms with E-state index in [1.165, 1.54) is 19.3 Å². The molecule has 5 heteroatoms. The van der Waals surface area contributed by atoms with E-state index >= 15 is 0 Å². The molecule has 0 saturated heterocycles. The van der Waals surface area contributed by atoms with E-state index in [2.05, 4.69) is 13.0 Å². The Morgan fingerprint density at radius 3 is 2.76 bits per heavy atom. The summed E-state index contributed by atoms with van der Waals surface area (Å²) in [6.07, 6.45) is 6.67. The second-order valence-corrected chi connectivity index (χ2v) is 7.96. The molecule has 0 amide bonds. The van der Waals surface area contributed by atoms with Crippen LogP contribution in [0.5, 0.6) is 0 Å². The molecule has 2 fully saturated rings. The fraction of sp³-hybridized carbons (Fsp3) is 0.833. The highest BCUT2D eigenvalue weighted by molar-refractivity contribution is 7.99. The van der Waals surface area contributed by atoms with Crippen LogP contribution in [0.3, 0.4) is 0 Å². The van der Waals surface area contributed by atoms with Crippen LogP contribution in [0.1, 0.15) is 32.6 Å². The summed E-state index contributed by atoms with van der Waals surface area (Å²) in [7, 11) is -3.77. The van der Waals surface area contributed by atoms with Gasteiger partial charge in [0.2, 0.25) is 0 Å². The predicted octanol–water partition coefficient (Wildman–Crippen LogP) is 2.74. The fourth-order valence-corrected chi connectivity index (χ4v) is 5.26. The molecule has 0 aliphatic heterocycles. The van der Waals surface area contributed by atoms with Crippen LogP contribution >= 0.6 is 11.8 Å². The molecular formula is C12H20O3S2. The highest BCUT2D eigenvalue weighted by atomic mass is 32.2. The quantitative estimate of drug-likeness (QED) is 0.476. The van der Waals surface area contributed by atoms with Crippen molar-refractivity contribution in [2.24, 2.45) is 11.8 Å². The monoisotopic (exact) mass is 276 g/mol. The standard InChI is InChI=1S/C12H20O3S2/c1-2-9-6-11-7-10(9)8-12(11)16-4-3-5-17(13,14)15/h2,10-12H,3-8H2,1H3,(H,13,14,15)/b9-2+/t10-,11+,12+/m1/s1. The Morgan fingerprint density at radius 2 is 2.24 bits per heavy atom. The molecule has 2 aliphatic carbocycles. The van der Waals surface area contributed by atoms with Crippen molar-refractivity contribution in [2.75, 3.05) is 11.5 Å². The SMILES string of the molecule is C/C=C1\C[C@H]2C[C@@H]1C[C@@H]2SCCCS(=O)(=O)O. The molecule has 0 heterocycles. The lowest BCUT2D eigenvalue weighted by atomic mass is 9.94. The van der Waals surface area contributed by atoms with E-state index in [9.17, 15) is 8.42 Å². The van der Waals surface area contributed by atoms with Crippen LogP contribution in [0.4, 0.5) is 0 Å². The molecule has 2 rings (SSSR count). The van der Waals surface area contributed by atoms with Gasteiger partial charge < -0.3 is 0 Å². The van der Waals surface area contributed by atoms with Crippen molar-refractivity contribution in [3.8, 4) is 0 Å². The second-order valence-electron chi connectivity index (χ2n) is 5.04. The fourth-order valence-electron chi connectivity index (χ4n) is 3.11. The molecular weight excluding hydrogens is 256 g/mol. The zero-order valence-corrected chi connectivity index (χ0v) is 11.8. The molecule has 17 heavy (non-hydrogen) atoms. The Labute approximate surface area is 108 Å². The molecule has 0 aromatic carbocycles. The van der Waals surface area contributed by atoms with Gasteiger partial charge >= 0.3 is 0 Å². The smallest absolute Gasteiger partial charge is 0.264 e. The third-order valence-electron chi connectivity index (χ3n) is 3.90. The van der Waals surface area contributed by atoms with Crippen molar-refractivity contribution < 1.29 is 13.0 Å². The zero-order chi connectivity index (χ0) is 12.5. The Hall–Kier alpha value is -0.0000000000000000763. The van der Waals surface area contributed by atoms with Gasteiger partial charge in [-0.2, -0.15) is 20.2 Å². The van der Waals surface area contributed by atoms with E-state index in [4.69, 9.17) is 4.55 Å². The van der Waals surface area contributed by atoms with E-state index in [0.717, 1.165) is 17.6 Å². The number of fused-ring (bicyclic) bond motifs is 2. The van der Waals surface area contributed by atoms with Crippen molar-refractivity contribution >= 4 is 21.9 Å². The minimum Gasteiger partial charge on any atom is -0.286 e. The number of hydrogen-bond acceptors (Lipinski definition) is 3. The minimum absolute atomic E-state index is 0.0963. The highest BCUT2D eigenvalue weighted by Crippen LogP contribution is 2.52. The van der Waals surface area contributed by atoms with Gasteiger partial charge in [-0.05, 0) is 50.2 Å². The van der Waals surface area contributed by atoms with Gasteiger partial charge in [-0.25, -0.2) is 0 Å². The van der Waals surface area contributed by atoms with Crippen molar-refractivity contribution in [1.29, 1.82) is 0 Å². The summed E-state index contributed by atoms with van der Waals surface area (Å²) in [6, 6.07) is 0. The van der Waals surface area contributed by atoms with E-state index in [1.54, 1.807) is 5.57 Å². The van der Waals surface area contributed by atoms with Crippen molar-refractivity contribution in [2.45, 2.75) is 37.9 Å². The van der Waals surface area contributed by atoms with Crippen molar-refractivity contribution in [3.63, 3.8) is 0 Å². The molecule has 2 aliphatic rings. The van der Waals surface area contributed by atoms with Gasteiger partial charge in [0.15, 0.2) is 0 Å². The maximum absolute atomic E-state index is 10.6. The lowest BCUT2D eigenvalue weighted by Crippen LogP contribution is -2.15. The molecule has 0 aromatic heterocycles. The molecule has 2 saturated carbocycles. The van der Waals surface area contributed by atoms with Crippen LogP contribution in [0, 0.1) is 11.8 Å². The average molecular weight is 276 g/mol. The summed E-state index contributed by atoms with van der Waals surface area (Å²) in [5.74, 6) is 2.35. The summed E-state index contributed by atoms with van der Waals surface area (Å²) in [4.78, 5) is 0. The summed E-state index contributed by atoms with van der Waals surface area (Å²) in [5, 5.41) is 0.713. The molecule has 0 unspecified atom stereocenters. The first-order chi connectivity index (χ1) is 7.99. The predicted molar refractivity (Wildman–Crippen MR) is 71.9 cm³/mol. The van der Waals surface area contributed by atoms with Gasteiger partial charge in [0.05, 0.1) is 5.75 Å². The van der Waals surface area contributed by atoms with Crippen LogP contribution in [-0.2, 0) is 10.1 Å². The van der Waals surface area contributed by atoms with E-state index in [-0.39, 0.29) is 5.75 Å². The van der Waals surface area contributed by atoms with Crippen LogP contribution in [0.25, 0.3) is 0 Å². The molecule has 98 valence electrons. The molecule has 2 bridgehead atoms. The van der Waals surface area contributed by atoms with Crippen molar-refractivity contribution in [3.05, 3.63) is 11.6 Å². The third kappa shape index (κ3) is 3.48. The average Bonchev–Trinajstić information content (AvgIpc) is 2.81. The first kappa shape index (κ1) is 13.4. The third-order valence-corrected chi connectivity index (χ3v) is 6.24. The van der Waals surface area contributed by atoms with E-state index in [1.807, 2.05) is 11.8 Å². The summed E-state index contributed by atoms with van der Waals surface area (Å²) < 4.78 is 29.8. The van der Waals surface area contributed by atoms with Crippen LogP contribution < -0.4 is 0 Å². The topological polar surface area (TPSA) is 54.4 Å². The van der Waals surface area contributed by atoms with Crippen LogP contribution in [0.2, 0.25) is 0 Å². The Morgan fingerprint density at radius 1 is 1.47 bits per heavy atom. The number of allylic oxidation sites excluding steroid dienone is 2. The Bertz CT molecular complexity index is 400. The lowest BCUT2D eigenvalue weighted by Gasteiger charge is -2.22. The van der Waals surface area contributed by atoms with Crippen LogP contribution in [0.15, 0.2) is 11.6 Å². The second kappa shape index (κ2) is 5.33. The number of hydrogen-bond donors (Lipinski definition) is 1. The van der Waals surface area contributed by atoms with E-state index in [0.29, 0.717) is 11.7 Å². The first-order valence-corrected chi connectivity index (χ1v) is 8.87. The van der Waals surface area contributed by atoms with Gasteiger partial charge in [0, 0.05) is 5.25 Å². The summed E-state index contributed by atoms with van der Waals surface area (Å²) in [6.45, 7) is 2.13. The van der Waals surface area contributed by atoms with E-state index < -0.39 is 10.1 Å². The molecule has 3 nitrogen and oxygen atoms in total. The summed E-state index contributed by atoms with van der Waals surface area (Å²) >= 11 is 1.90. The highest BCUT2D eigenvalue weighted by Gasteiger charge is 2.42. The van der Waals surface area contributed by atoms with Gasteiger partial charge in [0.25, 0.3) is 10.1 Å². The first-order valence-electron chi connectivity index (χ1n) is 6.21. The molecule has 0 spiro atoms. The molecule has 1 N–H and O–H groups in total. The lowest BCUT2D eigenvalue weighted by molar-refractivity contribution is 0.482. The van der Waals surface area contributed by atoms with Gasteiger partial charge in [-0.15, -0.1) is 0 Å². The molecule has 0 radical (unpaired) electrons. The minimum atomic E-state index is -3.77. The van der Waals surface area contributed by atoms with Gasteiger partial charge in [-0.3, -0.25) is 4.55 Å². The number of thioether (sulfide) groups is 1. The molecule has 3 atom stereocenters. The Balaban J connectivity index is 1.70. The van der Waals surface area contributed by atoms with Crippen LogP contribution in [-0.4, -0.2) is 29.7 Å².